The molecular formula is C16H21BrClNO. The first kappa shape index (κ1) is 17.3. The molecular weight excluding hydrogens is 338 g/mol. The highest BCUT2D eigenvalue weighted by atomic mass is 79.9. The molecule has 0 bridgehead atoms. The molecule has 4 heteroatoms. The van der Waals surface area contributed by atoms with Crippen LogP contribution in [0.25, 0.3) is 11.3 Å². The van der Waals surface area contributed by atoms with Crippen LogP contribution in [0.2, 0.25) is 0 Å². The summed E-state index contributed by atoms with van der Waals surface area (Å²) < 4.78 is 6.92. The second kappa shape index (κ2) is 8.50. The smallest absolute Gasteiger partial charge is 0.134 e. The number of rotatable bonds is 6. The maximum atomic E-state index is 5.84. The van der Waals surface area contributed by atoms with Crippen LogP contribution >= 0.6 is 28.3 Å². The van der Waals surface area contributed by atoms with Crippen LogP contribution in [0.1, 0.15) is 26.0 Å². The highest BCUT2D eigenvalue weighted by Crippen LogP contribution is 2.23. The zero-order valence-corrected chi connectivity index (χ0v) is 14.3. The Bertz CT molecular complexity index is 507. The van der Waals surface area contributed by atoms with E-state index >= 15 is 0 Å². The Kier molecular flexibility index (Phi) is 7.35. The summed E-state index contributed by atoms with van der Waals surface area (Å²) in [5.74, 6) is 2.65. The van der Waals surface area contributed by atoms with E-state index in [1.54, 1.807) is 0 Å². The van der Waals surface area contributed by atoms with Gasteiger partial charge >= 0.3 is 0 Å². The average Bonchev–Trinajstić information content (AvgIpc) is 2.84. The molecule has 0 fully saturated rings. The topological polar surface area (TPSA) is 25.2 Å². The summed E-state index contributed by atoms with van der Waals surface area (Å²) in [7, 11) is 0. The van der Waals surface area contributed by atoms with Crippen LogP contribution in [0.15, 0.2) is 45.3 Å². The Balaban J connectivity index is 0.00000200. The van der Waals surface area contributed by atoms with Crippen molar-refractivity contribution in [1.29, 1.82) is 0 Å². The number of hydrogen-bond acceptors (Lipinski definition) is 2. The fourth-order valence-electron chi connectivity index (χ4n) is 1.84. The molecule has 1 heterocycles. The van der Waals surface area contributed by atoms with Gasteiger partial charge in [-0.15, -0.1) is 12.4 Å². The molecule has 0 aliphatic rings. The highest BCUT2D eigenvalue weighted by molar-refractivity contribution is 9.10. The lowest BCUT2D eigenvalue weighted by atomic mass is 10.1. The largest absolute Gasteiger partial charge is 0.460 e. The molecule has 0 aliphatic carbocycles. The molecule has 0 saturated carbocycles. The summed E-state index contributed by atoms with van der Waals surface area (Å²) in [5.41, 5.74) is 1.11. The molecule has 0 aliphatic heterocycles. The van der Waals surface area contributed by atoms with Crippen LogP contribution in [0.5, 0.6) is 0 Å². The summed E-state index contributed by atoms with van der Waals surface area (Å²) in [4.78, 5) is 0. The Hall–Kier alpha value is -0.770. The Morgan fingerprint density at radius 1 is 1.10 bits per heavy atom. The van der Waals surface area contributed by atoms with Gasteiger partial charge in [0.25, 0.3) is 0 Å². The summed E-state index contributed by atoms with van der Waals surface area (Å²) in [6, 6.07) is 12.2. The monoisotopic (exact) mass is 357 g/mol. The van der Waals surface area contributed by atoms with Gasteiger partial charge in [-0.2, -0.15) is 0 Å². The number of nitrogens with one attached hydrogen (secondary N) is 1. The van der Waals surface area contributed by atoms with E-state index in [9.17, 15) is 0 Å². The van der Waals surface area contributed by atoms with Crippen LogP contribution in [-0.2, 0) is 6.54 Å². The van der Waals surface area contributed by atoms with E-state index < -0.39 is 0 Å². The van der Waals surface area contributed by atoms with Gasteiger partial charge in [-0.25, -0.2) is 0 Å². The molecule has 0 saturated heterocycles. The Morgan fingerprint density at radius 3 is 2.45 bits per heavy atom. The molecule has 0 atom stereocenters. The minimum absolute atomic E-state index is 0. The molecule has 2 nitrogen and oxygen atoms in total. The first-order chi connectivity index (χ1) is 9.15. The predicted molar refractivity (Wildman–Crippen MR) is 90.3 cm³/mol. The van der Waals surface area contributed by atoms with Crippen molar-refractivity contribution in [2.45, 2.75) is 26.8 Å². The molecule has 1 aromatic carbocycles. The number of furan rings is 1. The minimum atomic E-state index is 0. The maximum Gasteiger partial charge on any atom is 0.134 e. The van der Waals surface area contributed by atoms with Crippen molar-refractivity contribution in [2.75, 3.05) is 6.54 Å². The summed E-state index contributed by atoms with van der Waals surface area (Å²) in [6.45, 7) is 6.30. The first-order valence-corrected chi connectivity index (χ1v) is 7.50. The molecule has 0 radical (unpaired) electrons. The van der Waals surface area contributed by atoms with Crippen molar-refractivity contribution in [3.8, 4) is 11.3 Å². The van der Waals surface area contributed by atoms with Crippen molar-refractivity contribution in [2.24, 2.45) is 5.92 Å². The van der Waals surface area contributed by atoms with Gasteiger partial charge < -0.3 is 9.73 Å². The van der Waals surface area contributed by atoms with Crippen LogP contribution in [0, 0.1) is 5.92 Å². The van der Waals surface area contributed by atoms with Crippen molar-refractivity contribution in [3.05, 3.63) is 46.6 Å². The van der Waals surface area contributed by atoms with Crippen molar-refractivity contribution in [3.63, 3.8) is 0 Å². The average molecular weight is 359 g/mol. The van der Waals surface area contributed by atoms with Gasteiger partial charge in [-0.3, -0.25) is 0 Å². The van der Waals surface area contributed by atoms with Crippen molar-refractivity contribution in [1.82, 2.24) is 5.32 Å². The van der Waals surface area contributed by atoms with E-state index in [0.29, 0.717) is 0 Å². The third-order valence-corrected chi connectivity index (χ3v) is 3.52. The van der Waals surface area contributed by atoms with Gasteiger partial charge in [0, 0.05) is 10.0 Å². The molecule has 0 amide bonds. The van der Waals surface area contributed by atoms with Crippen molar-refractivity contribution < 1.29 is 4.42 Å². The Morgan fingerprint density at radius 2 is 1.80 bits per heavy atom. The Labute approximate surface area is 135 Å². The van der Waals surface area contributed by atoms with E-state index in [1.807, 2.05) is 24.3 Å². The lowest BCUT2D eigenvalue weighted by Crippen LogP contribution is -2.15. The fraction of sp³-hybridized carbons (Fsp3) is 0.375. The second-order valence-electron chi connectivity index (χ2n) is 5.13. The molecule has 0 unspecified atom stereocenters. The number of hydrogen-bond donors (Lipinski definition) is 1. The number of benzene rings is 1. The van der Waals surface area contributed by atoms with Gasteiger partial charge in [0.2, 0.25) is 0 Å². The summed E-state index contributed by atoms with van der Waals surface area (Å²) in [6.07, 6.45) is 1.19. The molecule has 1 aromatic heterocycles. The maximum absolute atomic E-state index is 5.84. The molecule has 0 spiro atoms. The van der Waals surface area contributed by atoms with E-state index in [0.717, 1.165) is 40.6 Å². The second-order valence-corrected chi connectivity index (χ2v) is 6.05. The van der Waals surface area contributed by atoms with E-state index in [2.05, 4.69) is 47.2 Å². The third kappa shape index (κ3) is 5.31. The van der Waals surface area contributed by atoms with Gasteiger partial charge in [-0.1, -0.05) is 41.9 Å². The standard InChI is InChI=1S/C16H20BrNO.ClH/c1-12(2)9-10-18-11-15-7-8-16(19-15)13-3-5-14(17)6-4-13;/h3-8,12,18H,9-11H2,1-2H3;1H. The lowest BCUT2D eigenvalue weighted by Gasteiger charge is -2.05. The molecule has 2 aromatic rings. The van der Waals surface area contributed by atoms with Gasteiger partial charge in [0.1, 0.15) is 11.5 Å². The minimum Gasteiger partial charge on any atom is -0.460 e. The molecule has 2 rings (SSSR count). The quantitative estimate of drug-likeness (QED) is 0.712. The molecule has 1 N–H and O–H groups in total. The van der Waals surface area contributed by atoms with E-state index in [-0.39, 0.29) is 12.4 Å². The first-order valence-electron chi connectivity index (χ1n) is 6.70. The van der Waals surface area contributed by atoms with Crippen LogP contribution in [0.3, 0.4) is 0 Å². The van der Waals surface area contributed by atoms with E-state index in [4.69, 9.17) is 4.42 Å². The van der Waals surface area contributed by atoms with Crippen LogP contribution in [0.4, 0.5) is 0 Å². The van der Waals surface area contributed by atoms with Crippen LogP contribution < -0.4 is 5.32 Å². The van der Waals surface area contributed by atoms with E-state index in [1.165, 1.54) is 6.42 Å². The van der Waals surface area contributed by atoms with Gasteiger partial charge in [-0.05, 0) is 43.1 Å². The SMILES string of the molecule is CC(C)CCNCc1ccc(-c2ccc(Br)cc2)o1.Cl. The predicted octanol–water partition coefficient (Wildman–Crippen LogP) is 5.27. The van der Waals surface area contributed by atoms with Crippen molar-refractivity contribution >= 4 is 28.3 Å². The summed E-state index contributed by atoms with van der Waals surface area (Å²) in [5, 5.41) is 3.41. The normalized spacial score (nSPS) is 10.6. The zero-order chi connectivity index (χ0) is 13.7. The zero-order valence-electron chi connectivity index (χ0n) is 11.9. The summed E-state index contributed by atoms with van der Waals surface area (Å²) >= 11 is 3.44. The third-order valence-electron chi connectivity index (χ3n) is 2.99. The van der Waals surface area contributed by atoms with Gasteiger partial charge in [0.05, 0.1) is 6.54 Å². The molecule has 20 heavy (non-hydrogen) atoms. The fourth-order valence-corrected chi connectivity index (χ4v) is 2.11. The lowest BCUT2D eigenvalue weighted by molar-refractivity contribution is 0.474. The molecule has 110 valence electrons. The number of halogens is 2. The van der Waals surface area contributed by atoms with Gasteiger partial charge in [0.15, 0.2) is 0 Å². The van der Waals surface area contributed by atoms with Crippen LogP contribution in [-0.4, -0.2) is 6.54 Å². The highest BCUT2D eigenvalue weighted by Gasteiger charge is 2.04.